The van der Waals surface area contributed by atoms with Crippen LogP contribution in [0.1, 0.15) is 30.3 Å². The van der Waals surface area contributed by atoms with Crippen molar-refractivity contribution in [2.75, 3.05) is 13.6 Å². The molecule has 1 aliphatic heterocycles. The van der Waals surface area contributed by atoms with E-state index in [1.807, 2.05) is 35.6 Å². The molecule has 1 atom stereocenters. The van der Waals surface area contributed by atoms with Crippen LogP contribution in [0.3, 0.4) is 0 Å². The molecule has 3 aromatic heterocycles. The van der Waals surface area contributed by atoms with E-state index in [9.17, 15) is 5.21 Å². The van der Waals surface area contributed by atoms with Gasteiger partial charge in [-0.05, 0) is 32.5 Å². The van der Waals surface area contributed by atoms with E-state index in [2.05, 4.69) is 27.2 Å². The Morgan fingerprint density at radius 1 is 1.27 bits per heavy atom. The fraction of sp³-hybridized carbons (Fsp3) is 0.333. The molecule has 8 heteroatoms. The van der Waals surface area contributed by atoms with Gasteiger partial charge in [-0.25, -0.2) is 4.98 Å². The quantitative estimate of drug-likeness (QED) is 0.407. The number of benzene rings is 1. The van der Waals surface area contributed by atoms with Gasteiger partial charge in [0, 0.05) is 13.0 Å². The standard InChI is InChI=1S/C18H19N7O/c1-12-17-18(24-16(10-20-21-24)13-8-5-9-22(13)2)19-11-23(17)14-6-3-4-7-15(14)25(12)26/h3-4,6-7,10-11,13H,5,8-9H2,1-2H3. The summed E-state index contributed by atoms with van der Waals surface area (Å²) in [6.45, 7) is 2.88. The number of rotatable bonds is 2. The Labute approximate surface area is 149 Å². The number of hydrogen-bond donors (Lipinski definition) is 0. The van der Waals surface area contributed by atoms with Gasteiger partial charge < -0.3 is 5.21 Å². The zero-order valence-corrected chi connectivity index (χ0v) is 14.7. The lowest BCUT2D eigenvalue weighted by Crippen LogP contribution is -2.32. The number of aromatic nitrogens is 6. The Hall–Kier alpha value is -3.00. The minimum Gasteiger partial charge on any atom is -0.618 e. The molecule has 1 unspecified atom stereocenters. The SMILES string of the molecule is Cc1c2c(-n3nncc3C3CCCN3C)ncn2c2ccccc2[n+]1[O-]. The maximum atomic E-state index is 12.8. The van der Waals surface area contributed by atoms with Crippen molar-refractivity contribution in [3.8, 4) is 5.82 Å². The average Bonchev–Trinajstić information content (AvgIpc) is 3.37. The van der Waals surface area contributed by atoms with Crippen LogP contribution >= 0.6 is 0 Å². The van der Waals surface area contributed by atoms with E-state index in [0.29, 0.717) is 17.0 Å². The average molecular weight is 349 g/mol. The fourth-order valence-corrected chi connectivity index (χ4v) is 4.05. The van der Waals surface area contributed by atoms with Crippen molar-refractivity contribution in [3.05, 3.63) is 53.4 Å². The first-order chi connectivity index (χ1) is 12.7. The molecule has 26 heavy (non-hydrogen) atoms. The third kappa shape index (κ3) is 1.99. The van der Waals surface area contributed by atoms with Crippen molar-refractivity contribution in [2.45, 2.75) is 25.8 Å². The highest BCUT2D eigenvalue weighted by Gasteiger charge is 2.29. The molecule has 0 spiro atoms. The molecule has 1 saturated heterocycles. The summed E-state index contributed by atoms with van der Waals surface area (Å²) in [4.78, 5) is 6.91. The summed E-state index contributed by atoms with van der Waals surface area (Å²) in [6.07, 6.45) is 5.78. The summed E-state index contributed by atoms with van der Waals surface area (Å²) in [5, 5.41) is 21.2. The molecule has 1 fully saturated rings. The Morgan fingerprint density at radius 3 is 2.92 bits per heavy atom. The van der Waals surface area contributed by atoms with E-state index in [4.69, 9.17) is 0 Å². The zero-order chi connectivity index (χ0) is 17.8. The Bertz CT molecular complexity index is 1130. The van der Waals surface area contributed by atoms with Crippen molar-refractivity contribution in [3.63, 3.8) is 0 Å². The van der Waals surface area contributed by atoms with Crippen LogP contribution in [0.2, 0.25) is 0 Å². The highest BCUT2D eigenvalue weighted by molar-refractivity contribution is 5.78. The summed E-state index contributed by atoms with van der Waals surface area (Å²) >= 11 is 0. The lowest BCUT2D eigenvalue weighted by molar-refractivity contribution is -0.583. The minimum absolute atomic E-state index is 0.266. The first-order valence-corrected chi connectivity index (χ1v) is 8.76. The number of para-hydroxylation sites is 2. The summed E-state index contributed by atoms with van der Waals surface area (Å²) < 4.78 is 4.70. The third-order valence-electron chi connectivity index (χ3n) is 5.39. The van der Waals surface area contributed by atoms with Crippen LogP contribution in [0.4, 0.5) is 0 Å². The number of hydrogen-bond acceptors (Lipinski definition) is 5. The van der Waals surface area contributed by atoms with Gasteiger partial charge >= 0.3 is 0 Å². The molecule has 0 aliphatic carbocycles. The normalized spacial score (nSPS) is 18.3. The van der Waals surface area contributed by atoms with Gasteiger partial charge in [-0.2, -0.15) is 9.41 Å². The van der Waals surface area contributed by atoms with Gasteiger partial charge in [-0.3, -0.25) is 9.30 Å². The van der Waals surface area contributed by atoms with Crippen LogP contribution in [0, 0.1) is 12.1 Å². The monoisotopic (exact) mass is 349 g/mol. The van der Waals surface area contributed by atoms with Crippen molar-refractivity contribution in [2.24, 2.45) is 0 Å². The molecule has 0 amide bonds. The van der Waals surface area contributed by atoms with Crippen molar-refractivity contribution in [1.82, 2.24) is 29.3 Å². The molecule has 1 aromatic carbocycles. The van der Waals surface area contributed by atoms with Gasteiger partial charge in [0.05, 0.1) is 17.9 Å². The van der Waals surface area contributed by atoms with Gasteiger partial charge in [-0.15, -0.1) is 5.10 Å². The smallest absolute Gasteiger partial charge is 0.241 e. The highest BCUT2D eigenvalue weighted by Crippen LogP contribution is 2.31. The van der Waals surface area contributed by atoms with Crippen molar-refractivity contribution >= 4 is 16.6 Å². The fourth-order valence-electron chi connectivity index (χ4n) is 4.05. The van der Waals surface area contributed by atoms with Gasteiger partial charge in [-0.1, -0.05) is 17.3 Å². The van der Waals surface area contributed by atoms with Gasteiger partial charge in [0.15, 0.2) is 11.3 Å². The third-order valence-corrected chi connectivity index (χ3v) is 5.39. The topological polar surface area (TPSA) is 78.2 Å². The second kappa shape index (κ2) is 5.50. The molecule has 0 bridgehead atoms. The molecule has 5 rings (SSSR count). The minimum atomic E-state index is 0.266. The molecule has 0 radical (unpaired) electrons. The van der Waals surface area contributed by atoms with E-state index in [-0.39, 0.29) is 6.04 Å². The molecule has 1 aliphatic rings. The van der Waals surface area contributed by atoms with E-state index in [1.165, 1.54) is 0 Å². The molecule has 4 heterocycles. The van der Waals surface area contributed by atoms with E-state index >= 15 is 0 Å². The number of nitrogens with zero attached hydrogens (tertiary/aromatic N) is 7. The largest absolute Gasteiger partial charge is 0.618 e. The van der Waals surface area contributed by atoms with Crippen LogP contribution in [-0.4, -0.2) is 42.9 Å². The van der Waals surface area contributed by atoms with Crippen LogP contribution in [0.5, 0.6) is 0 Å². The number of aryl methyl sites for hydroxylation is 1. The van der Waals surface area contributed by atoms with Crippen LogP contribution < -0.4 is 4.73 Å². The maximum Gasteiger partial charge on any atom is 0.241 e. The van der Waals surface area contributed by atoms with Gasteiger partial charge in [0.25, 0.3) is 0 Å². The first kappa shape index (κ1) is 15.3. The van der Waals surface area contributed by atoms with Gasteiger partial charge in [0.1, 0.15) is 11.8 Å². The molecular weight excluding hydrogens is 330 g/mol. The molecule has 8 nitrogen and oxygen atoms in total. The first-order valence-electron chi connectivity index (χ1n) is 8.76. The van der Waals surface area contributed by atoms with E-state index in [0.717, 1.165) is 40.8 Å². The second-order valence-electron chi connectivity index (χ2n) is 6.86. The van der Waals surface area contributed by atoms with E-state index in [1.54, 1.807) is 17.2 Å². The lowest BCUT2D eigenvalue weighted by Gasteiger charge is -2.19. The molecule has 4 aromatic rings. The molecule has 0 N–H and O–H groups in total. The second-order valence-corrected chi connectivity index (χ2v) is 6.86. The summed E-state index contributed by atoms with van der Waals surface area (Å²) in [5.41, 5.74) is 3.80. The number of fused-ring (bicyclic) bond motifs is 3. The Balaban J connectivity index is 1.79. The van der Waals surface area contributed by atoms with Crippen molar-refractivity contribution < 1.29 is 4.73 Å². The highest BCUT2D eigenvalue weighted by atomic mass is 16.5. The van der Waals surface area contributed by atoms with Crippen LogP contribution in [-0.2, 0) is 0 Å². The lowest BCUT2D eigenvalue weighted by atomic mass is 10.1. The Morgan fingerprint density at radius 2 is 2.12 bits per heavy atom. The number of imidazole rings is 1. The van der Waals surface area contributed by atoms with Crippen LogP contribution in [0.25, 0.3) is 22.4 Å². The molecule has 132 valence electrons. The molecule has 0 saturated carbocycles. The van der Waals surface area contributed by atoms with E-state index < -0.39 is 0 Å². The van der Waals surface area contributed by atoms with Gasteiger partial charge in [0.2, 0.25) is 11.2 Å². The summed E-state index contributed by atoms with van der Waals surface area (Å²) in [7, 11) is 2.12. The summed E-state index contributed by atoms with van der Waals surface area (Å²) in [6, 6.07) is 7.80. The summed E-state index contributed by atoms with van der Waals surface area (Å²) in [5.74, 6) is 0.644. The predicted molar refractivity (Wildman–Crippen MR) is 95.9 cm³/mol. The zero-order valence-electron chi connectivity index (χ0n) is 14.7. The Kier molecular flexibility index (Phi) is 3.23. The maximum absolute atomic E-state index is 12.8. The molecular formula is C18H19N7O. The van der Waals surface area contributed by atoms with Crippen molar-refractivity contribution in [1.29, 1.82) is 0 Å². The van der Waals surface area contributed by atoms with Crippen LogP contribution in [0.15, 0.2) is 36.8 Å². The predicted octanol–water partition coefficient (Wildman–Crippen LogP) is 1.78. The number of likely N-dealkylation sites (tertiary alicyclic amines) is 1.